The van der Waals surface area contributed by atoms with Crippen molar-refractivity contribution in [2.45, 2.75) is 26.3 Å². The van der Waals surface area contributed by atoms with E-state index in [0.717, 1.165) is 49.5 Å². The average molecular weight is 440 g/mol. The predicted molar refractivity (Wildman–Crippen MR) is 130 cm³/mol. The Bertz CT molecular complexity index is 1240. The van der Waals surface area contributed by atoms with Crippen LogP contribution in [0.3, 0.4) is 0 Å². The van der Waals surface area contributed by atoms with Crippen molar-refractivity contribution in [3.63, 3.8) is 0 Å². The zero-order valence-corrected chi connectivity index (χ0v) is 18.9. The van der Waals surface area contributed by atoms with Gasteiger partial charge < -0.3 is 9.88 Å². The van der Waals surface area contributed by atoms with Crippen molar-refractivity contribution in [2.24, 2.45) is 0 Å². The van der Waals surface area contributed by atoms with Gasteiger partial charge in [-0.3, -0.25) is 9.69 Å². The van der Waals surface area contributed by atoms with Crippen molar-refractivity contribution >= 4 is 5.91 Å². The smallest absolute Gasteiger partial charge is 0.256 e. The van der Waals surface area contributed by atoms with Gasteiger partial charge in [0.2, 0.25) is 0 Å². The van der Waals surface area contributed by atoms with Gasteiger partial charge in [-0.2, -0.15) is 5.10 Å². The van der Waals surface area contributed by atoms with Gasteiger partial charge in [0.1, 0.15) is 5.56 Å². The Morgan fingerprint density at radius 3 is 2.67 bits per heavy atom. The van der Waals surface area contributed by atoms with Gasteiger partial charge >= 0.3 is 0 Å². The minimum absolute atomic E-state index is 0.0957. The molecule has 6 heteroatoms. The van der Waals surface area contributed by atoms with Gasteiger partial charge in [-0.1, -0.05) is 36.4 Å². The van der Waals surface area contributed by atoms with Crippen LogP contribution < -0.4 is 5.32 Å². The number of benzene rings is 2. The average Bonchev–Trinajstić information content (AvgIpc) is 3.51. The molecule has 168 valence electrons. The van der Waals surface area contributed by atoms with Crippen LogP contribution in [0.5, 0.6) is 0 Å². The highest BCUT2D eigenvalue weighted by Gasteiger charge is 2.20. The third kappa shape index (κ3) is 4.61. The lowest BCUT2D eigenvalue weighted by Gasteiger charge is -2.28. The zero-order valence-electron chi connectivity index (χ0n) is 18.9. The maximum absolute atomic E-state index is 13.1. The number of carbonyl (C=O) groups excluding carboxylic acids is 1. The predicted octanol–water partition coefficient (Wildman–Crippen LogP) is 4.15. The van der Waals surface area contributed by atoms with Crippen molar-refractivity contribution in [1.82, 2.24) is 24.6 Å². The topological polar surface area (TPSA) is 55.1 Å². The molecule has 0 saturated heterocycles. The van der Waals surface area contributed by atoms with Crippen LogP contribution in [0.25, 0.3) is 11.5 Å². The van der Waals surface area contributed by atoms with Crippen molar-refractivity contribution in [3.05, 3.63) is 102 Å². The molecule has 2 aromatic heterocycles. The molecule has 3 heterocycles. The van der Waals surface area contributed by atoms with E-state index < -0.39 is 0 Å². The molecule has 2 aromatic carbocycles. The number of rotatable bonds is 7. The van der Waals surface area contributed by atoms with Gasteiger partial charge in [-0.15, -0.1) is 0 Å². The van der Waals surface area contributed by atoms with Crippen LogP contribution in [0.1, 0.15) is 33.5 Å². The molecule has 1 aliphatic heterocycles. The first-order valence-electron chi connectivity index (χ1n) is 11.5. The molecular weight excluding hydrogens is 410 g/mol. The number of hydrogen-bond acceptors (Lipinski definition) is 3. The molecule has 5 rings (SSSR count). The highest BCUT2D eigenvalue weighted by atomic mass is 16.1. The summed E-state index contributed by atoms with van der Waals surface area (Å²) >= 11 is 0. The molecule has 1 amide bonds. The Hall–Kier alpha value is -3.64. The fourth-order valence-corrected chi connectivity index (χ4v) is 4.52. The van der Waals surface area contributed by atoms with Crippen molar-refractivity contribution in [3.8, 4) is 11.5 Å². The number of amides is 1. The number of hydrogen-bond donors (Lipinski definition) is 1. The quantitative estimate of drug-likeness (QED) is 0.440. The maximum atomic E-state index is 13.1. The highest BCUT2D eigenvalue weighted by Crippen LogP contribution is 2.21. The number of nitrogens with zero attached hydrogens (tertiary/aromatic N) is 4. The summed E-state index contributed by atoms with van der Waals surface area (Å²) in [6.45, 7) is 5.73. The molecule has 0 fully saturated rings. The van der Waals surface area contributed by atoms with E-state index in [1.165, 1.54) is 11.1 Å². The SMILES string of the molecule is Cc1cccc(-n2ncc(C(=O)NCCCN3CCc4ccccc4C3)c2-n2cccc2)c1. The normalized spacial score (nSPS) is 13.6. The van der Waals surface area contributed by atoms with Crippen LogP contribution in [-0.2, 0) is 13.0 Å². The third-order valence-corrected chi connectivity index (χ3v) is 6.23. The number of nitrogens with one attached hydrogen (secondary N) is 1. The van der Waals surface area contributed by atoms with Crippen molar-refractivity contribution < 1.29 is 4.79 Å². The molecular formula is C27H29N5O. The summed E-state index contributed by atoms with van der Waals surface area (Å²) in [6.07, 6.45) is 7.55. The number of fused-ring (bicyclic) bond motifs is 1. The standard InChI is InChI=1S/C27H29N5O/c1-21-8-6-11-24(18-21)32-27(31-15-4-5-16-31)25(19-29-32)26(33)28-13-7-14-30-17-12-22-9-2-3-10-23(22)20-30/h2-6,8-11,15-16,18-19H,7,12-14,17,20H2,1H3,(H,28,33). The second-order valence-electron chi connectivity index (χ2n) is 8.63. The van der Waals surface area contributed by atoms with E-state index in [2.05, 4.69) is 58.6 Å². The van der Waals surface area contributed by atoms with Gasteiger partial charge in [-0.05, 0) is 60.7 Å². The molecule has 4 aromatic rings. The summed E-state index contributed by atoms with van der Waals surface area (Å²) in [5.41, 5.74) is 5.54. The van der Waals surface area contributed by atoms with E-state index in [0.29, 0.717) is 12.1 Å². The summed E-state index contributed by atoms with van der Waals surface area (Å²) in [5, 5.41) is 7.66. The summed E-state index contributed by atoms with van der Waals surface area (Å²) in [6, 6.07) is 20.7. The van der Waals surface area contributed by atoms with E-state index in [1.807, 2.05) is 45.9 Å². The minimum atomic E-state index is -0.0957. The van der Waals surface area contributed by atoms with Crippen LogP contribution in [0.4, 0.5) is 0 Å². The van der Waals surface area contributed by atoms with Crippen LogP contribution in [0.2, 0.25) is 0 Å². The van der Waals surface area contributed by atoms with E-state index in [-0.39, 0.29) is 5.91 Å². The van der Waals surface area contributed by atoms with Crippen LogP contribution in [-0.4, -0.2) is 44.8 Å². The van der Waals surface area contributed by atoms with E-state index in [9.17, 15) is 4.79 Å². The van der Waals surface area contributed by atoms with Gasteiger partial charge in [0.25, 0.3) is 5.91 Å². The first-order chi connectivity index (χ1) is 16.2. The molecule has 1 N–H and O–H groups in total. The highest BCUT2D eigenvalue weighted by molar-refractivity contribution is 5.97. The molecule has 0 aliphatic carbocycles. The number of aryl methyl sites for hydroxylation is 1. The second kappa shape index (κ2) is 9.46. The second-order valence-corrected chi connectivity index (χ2v) is 8.63. The Morgan fingerprint density at radius 2 is 1.85 bits per heavy atom. The van der Waals surface area contributed by atoms with E-state index in [4.69, 9.17) is 0 Å². The Balaban J connectivity index is 1.25. The maximum Gasteiger partial charge on any atom is 0.256 e. The Labute approximate surface area is 194 Å². The summed E-state index contributed by atoms with van der Waals surface area (Å²) < 4.78 is 3.77. The largest absolute Gasteiger partial charge is 0.352 e. The zero-order chi connectivity index (χ0) is 22.6. The van der Waals surface area contributed by atoms with Gasteiger partial charge in [-0.25, -0.2) is 4.68 Å². The van der Waals surface area contributed by atoms with Crippen LogP contribution in [0, 0.1) is 6.92 Å². The van der Waals surface area contributed by atoms with E-state index >= 15 is 0 Å². The molecule has 0 spiro atoms. The lowest BCUT2D eigenvalue weighted by molar-refractivity contribution is 0.0951. The fraction of sp³-hybridized carbons (Fsp3) is 0.259. The summed E-state index contributed by atoms with van der Waals surface area (Å²) in [7, 11) is 0. The fourth-order valence-electron chi connectivity index (χ4n) is 4.52. The van der Waals surface area contributed by atoms with Gasteiger partial charge in [0, 0.05) is 38.6 Å². The molecule has 0 saturated carbocycles. The van der Waals surface area contributed by atoms with Gasteiger partial charge in [0.15, 0.2) is 5.82 Å². The third-order valence-electron chi connectivity index (χ3n) is 6.23. The first kappa shape index (κ1) is 21.2. The monoisotopic (exact) mass is 439 g/mol. The number of carbonyl (C=O) groups is 1. The molecule has 6 nitrogen and oxygen atoms in total. The van der Waals surface area contributed by atoms with Crippen LogP contribution >= 0.6 is 0 Å². The van der Waals surface area contributed by atoms with Crippen molar-refractivity contribution in [1.29, 1.82) is 0 Å². The van der Waals surface area contributed by atoms with E-state index in [1.54, 1.807) is 6.20 Å². The Kier molecular flexibility index (Phi) is 6.09. The molecule has 0 unspecified atom stereocenters. The Morgan fingerprint density at radius 1 is 1.03 bits per heavy atom. The molecule has 1 aliphatic rings. The number of aromatic nitrogens is 3. The lowest BCUT2D eigenvalue weighted by atomic mass is 10.00. The molecule has 33 heavy (non-hydrogen) atoms. The first-order valence-corrected chi connectivity index (χ1v) is 11.5. The summed E-state index contributed by atoms with van der Waals surface area (Å²) in [4.78, 5) is 15.6. The van der Waals surface area contributed by atoms with Crippen molar-refractivity contribution in [2.75, 3.05) is 19.6 Å². The van der Waals surface area contributed by atoms with Gasteiger partial charge in [0.05, 0.1) is 11.9 Å². The molecule has 0 radical (unpaired) electrons. The minimum Gasteiger partial charge on any atom is -0.352 e. The molecule has 0 bridgehead atoms. The van der Waals surface area contributed by atoms with Crippen LogP contribution in [0.15, 0.2) is 79.3 Å². The summed E-state index contributed by atoms with van der Waals surface area (Å²) in [5.74, 6) is 0.650. The lowest BCUT2D eigenvalue weighted by Crippen LogP contribution is -2.33. The molecule has 0 atom stereocenters.